The largest absolute Gasteiger partial charge is 0.388 e. The van der Waals surface area contributed by atoms with E-state index in [0.29, 0.717) is 6.61 Å². The van der Waals surface area contributed by atoms with Crippen LogP contribution in [-0.4, -0.2) is 29.5 Å². The SMILES string of the molecule is NC1COC2(CCC2)C1O. The fourth-order valence-electron chi connectivity index (χ4n) is 1.79. The Morgan fingerprint density at radius 2 is 2.20 bits per heavy atom. The van der Waals surface area contributed by atoms with Crippen LogP contribution in [-0.2, 0) is 4.74 Å². The molecular weight excluding hydrogens is 130 g/mol. The molecule has 0 aromatic carbocycles. The van der Waals surface area contributed by atoms with Gasteiger partial charge in [-0.3, -0.25) is 0 Å². The van der Waals surface area contributed by atoms with E-state index in [2.05, 4.69) is 0 Å². The zero-order valence-electron chi connectivity index (χ0n) is 5.92. The molecule has 2 atom stereocenters. The normalized spacial score (nSPS) is 43.8. The van der Waals surface area contributed by atoms with Crippen molar-refractivity contribution < 1.29 is 9.84 Å². The monoisotopic (exact) mass is 143 g/mol. The number of nitrogens with two attached hydrogens (primary N) is 1. The lowest BCUT2D eigenvalue weighted by atomic mass is 9.75. The average Bonchev–Trinajstić information content (AvgIpc) is 2.10. The molecule has 10 heavy (non-hydrogen) atoms. The number of hydrogen-bond donors (Lipinski definition) is 2. The van der Waals surface area contributed by atoms with E-state index in [1.165, 1.54) is 6.42 Å². The molecule has 0 radical (unpaired) electrons. The second kappa shape index (κ2) is 1.94. The highest BCUT2D eigenvalue weighted by Gasteiger charge is 2.51. The van der Waals surface area contributed by atoms with E-state index in [9.17, 15) is 5.11 Å². The molecule has 2 rings (SSSR count). The molecule has 0 bridgehead atoms. The molecular formula is C7H13NO2. The van der Waals surface area contributed by atoms with Gasteiger partial charge in [0.1, 0.15) is 6.10 Å². The van der Waals surface area contributed by atoms with Crippen molar-refractivity contribution in [2.75, 3.05) is 6.61 Å². The minimum absolute atomic E-state index is 0.153. The van der Waals surface area contributed by atoms with Gasteiger partial charge in [0, 0.05) is 0 Å². The third kappa shape index (κ3) is 0.654. The molecule has 0 aromatic rings. The van der Waals surface area contributed by atoms with Crippen LogP contribution in [0.3, 0.4) is 0 Å². The molecule has 1 spiro atoms. The predicted molar refractivity (Wildman–Crippen MR) is 36.5 cm³/mol. The zero-order valence-corrected chi connectivity index (χ0v) is 5.92. The smallest absolute Gasteiger partial charge is 0.100 e. The van der Waals surface area contributed by atoms with Crippen LogP contribution < -0.4 is 5.73 Å². The van der Waals surface area contributed by atoms with Crippen molar-refractivity contribution in [2.45, 2.75) is 37.0 Å². The average molecular weight is 143 g/mol. The predicted octanol–water partition coefficient (Wildman–Crippen LogP) is -0.373. The summed E-state index contributed by atoms with van der Waals surface area (Å²) in [6.07, 6.45) is 2.73. The molecule has 2 unspecified atom stereocenters. The van der Waals surface area contributed by atoms with E-state index >= 15 is 0 Å². The summed E-state index contributed by atoms with van der Waals surface area (Å²) < 4.78 is 5.43. The van der Waals surface area contributed by atoms with E-state index in [1.54, 1.807) is 0 Å². The summed E-state index contributed by atoms with van der Waals surface area (Å²) in [5.74, 6) is 0. The third-order valence-corrected chi connectivity index (χ3v) is 2.71. The number of aliphatic hydroxyl groups excluding tert-OH is 1. The van der Waals surface area contributed by atoms with Crippen molar-refractivity contribution >= 4 is 0 Å². The Morgan fingerprint density at radius 1 is 1.50 bits per heavy atom. The van der Waals surface area contributed by atoms with Gasteiger partial charge >= 0.3 is 0 Å². The second-order valence-corrected chi connectivity index (χ2v) is 3.34. The van der Waals surface area contributed by atoms with Crippen LogP contribution in [0.1, 0.15) is 19.3 Å². The van der Waals surface area contributed by atoms with E-state index in [4.69, 9.17) is 10.5 Å². The molecule has 1 aliphatic heterocycles. The highest BCUT2D eigenvalue weighted by molar-refractivity contribution is 5.04. The van der Waals surface area contributed by atoms with Gasteiger partial charge in [-0.05, 0) is 19.3 Å². The molecule has 3 heteroatoms. The Hall–Kier alpha value is -0.120. The van der Waals surface area contributed by atoms with Crippen LogP contribution in [0.25, 0.3) is 0 Å². The topological polar surface area (TPSA) is 55.5 Å². The highest BCUT2D eigenvalue weighted by atomic mass is 16.5. The maximum Gasteiger partial charge on any atom is 0.100 e. The standard InChI is InChI=1S/C7H13NO2/c8-5-4-10-7(6(5)9)2-1-3-7/h5-6,9H,1-4,8H2. The van der Waals surface area contributed by atoms with Crippen LogP contribution in [0.5, 0.6) is 0 Å². The molecule has 2 fully saturated rings. The van der Waals surface area contributed by atoms with Crippen molar-refractivity contribution in [3.8, 4) is 0 Å². The Bertz CT molecular complexity index is 145. The van der Waals surface area contributed by atoms with Gasteiger partial charge in [-0.25, -0.2) is 0 Å². The van der Waals surface area contributed by atoms with Crippen molar-refractivity contribution in [1.29, 1.82) is 0 Å². The van der Waals surface area contributed by atoms with Crippen LogP contribution in [0.2, 0.25) is 0 Å². The van der Waals surface area contributed by atoms with E-state index < -0.39 is 6.10 Å². The van der Waals surface area contributed by atoms with Gasteiger partial charge in [0.15, 0.2) is 0 Å². The van der Waals surface area contributed by atoms with E-state index in [-0.39, 0.29) is 11.6 Å². The maximum absolute atomic E-state index is 9.52. The minimum atomic E-state index is -0.416. The van der Waals surface area contributed by atoms with Gasteiger partial charge in [0.05, 0.1) is 18.2 Å². The third-order valence-electron chi connectivity index (χ3n) is 2.71. The highest BCUT2D eigenvalue weighted by Crippen LogP contribution is 2.42. The minimum Gasteiger partial charge on any atom is -0.388 e. The summed E-state index contributed by atoms with van der Waals surface area (Å²) in [6.45, 7) is 0.529. The van der Waals surface area contributed by atoms with Gasteiger partial charge in [0.25, 0.3) is 0 Å². The molecule has 1 saturated heterocycles. The lowest BCUT2D eigenvalue weighted by Gasteiger charge is -2.40. The molecule has 2 aliphatic rings. The van der Waals surface area contributed by atoms with Gasteiger partial charge in [-0.15, -0.1) is 0 Å². The lowest BCUT2D eigenvalue weighted by molar-refractivity contribution is -0.110. The van der Waals surface area contributed by atoms with Crippen molar-refractivity contribution in [3.05, 3.63) is 0 Å². The van der Waals surface area contributed by atoms with E-state index in [0.717, 1.165) is 12.8 Å². The van der Waals surface area contributed by atoms with Gasteiger partial charge < -0.3 is 15.6 Å². The Morgan fingerprint density at radius 3 is 2.40 bits per heavy atom. The quantitative estimate of drug-likeness (QED) is 0.486. The Balaban J connectivity index is 2.10. The number of rotatable bonds is 0. The molecule has 58 valence electrons. The number of hydrogen-bond acceptors (Lipinski definition) is 3. The van der Waals surface area contributed by atoms with Crippen LogP contribution >= 0.6 is 0 Å². The molecule has 0 aromatic heterocycles. The number of aliphatic hydroxyl groups is 1. The number of ether oxygens (including phenoxy) is 1. The van der Waals surface area contributed by atoms with Gasteiger partial charge in [-0.1, -0.05) is 0 Å². The summed E-state index contributed by atoms with van der Waals surface area (Å²) in [6, 6.07) is -0.153. The molecule has 3 N–H and O–H groups in total. The summed E-state index contributed by atoms with van der Waals surface area (Å²) >= 11 is 0. The van der Waals surface area contributed by atoms with Crippen LogP contribution in [0.4, 0.5) is 0 Å². The Kier molecular flexibility index (Phi) is 1.27. The fourth-order valence-corrected chi connectivity index (χ4v) is 1.79. The summed E-state index contributed by atoms with van der Waals surface area (Å²) in [7, 11) is 0. The van der Waals surface area contributed by atoms with Crippen molar-refractivity contribution in [3.63, 3.8) is 0 Å². The first-order valence-corrected chi connectivity index (χ1v) is 3.82. The van der Waals surface area contributed by atoms with Crippen molar-refractivity contribution in [1.82, 2.24) is 0 Å². The van der Waals surface area contributed by atoms with Gasteiger partial charge in [-0.2, -0.15) is 0 Å². The van der Waals surface area contributed by atoms with Gasteiger partial charge in [0.2, 0.25) is 0 Å². The summed E-state index contributed by atoms with van der Waals surface area (Å²) in [5, 5.41) is 9.52. The maximum atomic E-state index is 9.52. The molecule has 1 aliphatic carbocycles. The molecule has 3 nitrogen and oxygen atoms in total. The van der Waals surface area contributed by atoms with E-state index in [1.807, 2.05) is 0 Å². The molecule has 0 amide bonds. The van der Waals surface area contributed by atoms with Crippen LogP contribution in [0.15, 0.2) is 0 Å². The second-order valence-electron chi connectivity index (χ2n) is 3.34. The molecule has 1 saturated carbocycles. The summed E-state index contributed by atoms with van der Waals surface area (Å²) in [5.41, 5.74) is 5.37. The fraction of sp³-hybridized carbons (Fsp3) is 1.00. The lowest BCUT2D eigenvalue weighted by Crippen LogP contribution is -2.50. The van der Waals surface area contributed by atoms with Crippen LogP contribution in [0, 0.1) is 0 Å². The first kappa shape index (κ1) is 6.58. The zero-order chi connectivity index (χ0) is 7.19. The Labute approximate surface area is 60.2 Å². The first-order valence-electron chi connectivity index (χ1n) is 3.82. The van der Waals surface area contributed by atoms with Crippen molar-refractivity contribution in [2.24, 2.45) is 5.73 Å². The summed E-state index contributed by atoms with van der Waals surface area (Å²) in [4.78, 5) is 0. The molecule has 1 heterocycles. The first-order chi connectivity index (χ1) is 4.75.